The van der Waals surface area contributed by atoms with Crippen LogP contribution < -0.4 is 9.64 Å². The molecule has 0 bridgehead atoms. The summed E-state index contributed by atoms with van der Waals surface area (Å²) in [6.07, 6.45) is 2.06. The second-order valence-electron chi connectivity index (χ2n) is 3.94. The van der Waals surface area contributed by atoms with E-state index in [0.29, 0.717) is 5.75 Å². The summed E-state index contributed by atoms with van der Waals surface area (Å²) >= 11 is 0. The Hall–Kier alpha value is -1.84. The van der Waals surface area contributed by atoms with E-state index in [1.165, 1.54) is 5.70 Å². The van der Waals surface area contributed by atoms with Gasteiger partial charge in [0.15, 0.2) is 0 Å². The topological polar surface area (TPSA) is 35.9 Å². The fraction of sp³-hybridized carbons (Fsp3) is 0.333. The lowest BCUT2D eigenvalue weighted by Crippen LogP contribution is -2.23. The number of ether oxygens (including phenoxy) is 1. The Morgan fingerprint density at radius 2 is 2.12 bits per heavy atom. The Morgan fingerprint density at radius 3 is 2.69 bits per heavy atom. The van der Waals surface area contributed by atoms with E-state index in [4.69, 9.17) is 4.74 Å². The van der Waals surface area contributed by atoms with Gasteiger partial charge in [0.25, 0.3) is 0 Å². The second-order valence-corrected chi connectivity index (χ2v) is 3.94. The molecule has 4 heteroatoms. The average Bonchev–Trinajstić information content (AvgIpc) is 2.59. The molecule has 0 amide bonds. The van der Waals surface area contributed by atoms with E-state index in [2.05, 4.69) is 22.9 Å². The van der Waals surface area contributed by atoms with Gasteiger partial charge in [0, 0.05) is 25.0 Å². The number of methoxy groups -OCH3 is 1. The van der Waals surface area contributed by atoms with Crippen molar-refractivity contribution < 1.29 is 9.84 Å². The number of benzene rings is 1. The normalized spacial score (nSPS) is 15.3. The van der Waals surface area contributed by atoms with E-state index >= 15 is 0 Å². The van der Waals surface area contributed by atoms with E-state index in [-0.39, 0.29) is 5.75 Å². The van der Waals surface area contributed by atoms with Crippen LogP contribution >= 0.6 is 0 Å². The molecule has 4 nitrogen and oxygen atoms in total. The van der Waals surface area contributed by atoms with Gasteiger partial charge in [-0.15, -0.1) is 0 Å². The van der Waals surface area contributed by atoms with Crippen molar-refractivity contribution in [3.63, 3.8) is 0 Å². The first-order valence-electron chi connectivity index (χ1n) is 5.15. The van der Waals surface area contributed by atoms with Crippen molar-refractivity contribution in [2.24, 2.45) is 0 Å². The van der Waals surface area contributed by atoms with Crippen LogP contribution in [0.4, 0.5) is 5.69 Å². The molecule has 0 unspecified atom stereocenters. The van der Waals surface area contributed by atoms with Crippen LogP contribution in [0.2, 0.25) is 0 Å². The highest BCUT2D eigenvalue weighted by Gasteiger charge is 2.18. The summed E-state index contributed by atoms with van der Waals surface area (Å²) < 4.78 is 5.26. The molecule has 1 aromatic rings. The van der Waals surface area contributed by atoms with Gasteiger partial charge in [-0.1, -0.05) is 0 Å². The maximum Gasteiger partial charge on any atom is 0.146 e. The molecule has 0 spiro atoms. The van der Waals surface area contributed by atoms with Gasteiger partial charge in [-0.25, -0.2) is 0 Å². The number of nitrogens with zero attached hydrogens (tertiary/aromatic N) is 2. The van der Waals surface area contributed by atoms with E-state index in [1.54, 1.807) is 19.2 Å². The van der Waals surface area contributed by atoms with Gasteiger partial charge in [0.2, 0.25) is 0 Å². The van der Waals surface area contributed by atoms with Crippen molar-refractivity contribution in [2.45, 2.75) is 6.92 Å². The van der Waals surface area contributed by atoms with Crippen LogP contribution in [0.3, 0.4) is 0 Å². The van der Waals surface area contributed by atoms with Gasteiger partial charge in [0.1, 0.15) is 11.5 Å². The minimum Gasteiger partial charge on any atom is -0.508 e. The Bertz CT molecular complexity index is 429. The zero-order valence-electron chi connectivity index (χ0n) is 9.77. The molecule has 1 heterocycles. The fourth-order valence-electron chi connectivity index (χ4n) is 1.75. The van der Waals surface area contributed by atoms with E-state index in [0.717, 1.165) is 12.4 Å². The summed E-state index contributed by atoms with van der Waals surface area (Å²) in [6.45, 7) is 2.86. The summed E-state index contributed by atoms with van der Waals surface area (Å²) in [4.78, 5) is 4.24. The molecule has 0 aromatic heterocycles. The smallest absolute Gasteiger partial charge is 0.146 e. The quantitative estimate of drug-likeness (QED) is 0.826. The molecule has 0 atom stereocenters. The molecular weight excluding hydrogens is 204 g/mol. The van der Waals surface area contributed by atoms with Crippen molar-refractivity contribution in [3.8, 4) is 11.5 Å². The van der Waals surface area contributed by atoms with Crippen LogP contribution in [0.5, 0.6) is 11.5 Å². The van der Waals surface area contributed by atoms with Gasteiger partial charge in [-0.05, 0) is 19.1 Å². The molecule has 0 aliphatic carbocycles. The Kier molecular flexibility index (Phi) is 2.64. The highest BCUT2D eigenvalue weighted by atomic mass is 16.5. The lowest BCUT2D eigenvalue weighted by molar-refractivity contribution is 0.405. The van der Waals surface area contributed by atoms with Gasteiger partial charge < -0.3 is 19.6 Å². The lowest BCUT2D eigenvalue weighted by Gasteiger charge is -2.21. The summed E-state index contributed by atoms with van der Waals surface area (Å²) in [5.74, 6) is 0.896. The van der Waals surface area contributed by atoms with Gasteiger partial charge in [-0.2, -0.15) is 0 Å². The Morgan fingerprint density at radius 1 is 1.38 bits per heavy atom. The highest BCUT2D eigenvalue weighted by Crippen LogP contribution is 2.34. The van der Waals surface area contributed by atoms with Crippen LogP contribution in [0.1, 0.15) is 6.92 Å². The number of hydrogen-bond donors (Lipinski definition) is 1. The molecule has 1 N–H and O–H groups in total. The largest absolute Gasteiger partial charge is 0.508 e. The number of anilines is 1. The standard InChI is InChI=1S/C12H16N2O2/c1-9-7-14(8-13(9)2)11-5-4-10(15)6-12(11)16-3/h4-7,15H,8H2,1-3H3. The van der Waals surface area contributed by atoms with E-state index in [9.17, 15) is 5.11 Å². The minimum absolute atomic E-state index is 0.217. The third-order valence-electron chi connectivity index (χ3n) is 2.78. The number of hydrogen-bond acceptors (Lipinski definition) is 4. The fourth-order valence-corrected chi connectivity index (χ4v) is 1.75. The predicted octanol–water partition coefficient (Wildman–Crippen LogP) is 1.97. The molecule has 86 valence electrons. The molecule has 1 aliphatic heterocycles. The number of rotatable bonds is 2. The summed E-state index contributed by atoms with van der Waals surface area (Å²) in [5.41, 5.74) is 2.17. The zero-order chi connectivity index (χ0) is 11.7. The summed E-state index contributed by atoms with van der Waals surface area (Å²) in [5, 5.41) is 9.39. The number of allylic oxidation sites excluding steroid dienone is 1. The number of aromatic hydroxyl groups is 1. The number of phenolic OH excluding ortho intramolecular Hbond substituents is 1. The van der Waals surface area contributed by atoms with Crippen molar-refractivity contribution in [1.82, 2.24) is 4.90 Å². The summed E-state index contributed by atoms with van der Waals surface area (Å²) in [7, 11) is 3.65. The Labute approximate surface area is 95.4 Å². The highest BCUT2D eigenvalue weighted by molar-refractivity contribution is 5.63. The van der Waals surface area contributed by atoms with Crippen molar-refractivity contribution in [3.05, 3.63) is 30.1 Å². The van der Waals surface area contributed by atoms with Gasteiger partial charge >= 0.3 is 0 Å². The minimum atomic E-state index is 0.217. The molecule has 1 aromatic carbocycles. The first-order valence-corrected chi connectivity index (χ1v) is 5.15. The third kappa shape index (κ3) is 1.78. The number of phenols is 1. The van der Waals surface area contributed by atoms with Crippen LogP contribution in [0.25, 0.3) is 0 Å². The molecule has 16 heavy (non-hydrogen) atoms. The molecule has 0 radical (unpaired) electrons. The maximum absolute atomic E-state index is 9.39. The van der Waals surface area contributed by atoms with Gasteiger partial charge in [-0.3, -0.25) is 0 Å². The molecule has 0 fully saturated rings. The lowest BCUT2D eigenvalue weighted by atomic mass is 10.2. The molecular formula is C12H16N2O2. The Balaban J connectivity index is 2.35. The molecule has 0 saturated carbocycles. The zero-order valence-corrected chi connectivity index (χ0v) is 9.77. The third-order valence-corrected chi connectivity index (χ3v) is 2.78. The first kappa shape index (κ1) is 10.7. The molecule has 2 rings (SSSR count). The van der Waals surface area contributed by atoms with Crippen molar-refractivity contribution >= 4 is 5.69 Å². The summed E-state index contributed by atoms with van der Waals surface area (Å²) in [6, 6.07) is 5.15. The van der Waals surface area contributed by atoms with E-state index < -0.39 is 0 Å². The molecule has 1 aliphatic rings. The molecule has 0 saturated heterocycles. The second kappa shape index (κ2) is 3.96. The van der Waals surface area contributed by atoms with E-state index in [1.807, 2.05) is 13.1 Å². The van der Waals surface area contributed by atoms with Crippen molar-refractivity contribution in [2.75, 3.05) is 25.7 Å². The van der Waals surface area contributed by atoms with Crippen LogP contribution in [0, 0.1) is 0 Å². The van der Waals surface area contributed by atoms with Gasteiger partial charge in [0.05, 0.1) is 19.5 Å². The monoisotopic (exact) mass is 220 g/mol. The first-order chi connectivity index (χ1) is 7.61. The maximum atomic E-state index is 9.39. The van der Waals surface area contributed by atoms with Crippen molar-refractivity contribution in [1.29, 1.82) is 0 Å². The predicted molar refractivity (Wildman–Crippen MR) is 63.5 cm³/mol. The van der Waals surface area contributed by atoms with Crippen LogP contribution in [0.15, 0.2) is 30.1 Å². The van der Waals surface area contributed by atoms with Crippen LogP contribution in [-0.4, -0.2) is 30.8 Å². The van der Waals surface area contributed by atoms with Crippen LogP contribution in [-0.2, 0) is 0 Å². The average molecular weight is 220 g/mol. The SMILES string of the molecule is COc1cc(O)ccc1N1C=C(C)N(C)C1.